The average Bonchev–Trinajstić information content (AvgIpc) is 3.41. The number of carbonyl (C=O) groups excluding carboxylic acids is 1. The van der Waals surface area contributed by atoms with Crippen molar-refractivity contribution in [2.75, 3.05) is 26.6 Å². The van der Waals surface area contributed by atoms with Crippen LogP contribution in [0.1, 0.15) is 59.7 Å². The third-order valence-electron chi connectivity index (χ3n) is 6.94. The highest BCUT2D eigenvalue weighted by Gasteiger charge is 2.29. The summed E-state index contributed by atoms with van der Waals surface area (Å²) in [6.45, 7) is 0. The van der Waals surface area contributed by atoms with Crippen LogP contribution in [-0.2, 0) is 14.3 Å². The lowest BCUT2D eigenvalue weighted by atomic mass is 9.82. The van der Waals surface area contributed by atoms with Crippen molar-refractivity contribution in [3.63, 3.8) is 0 Å². The molecule has 3 aromatic rings. The Morgan fingerprint density at radius 2 is 1.82 bits per heavy atom. The maximum absolute atomic E-state index is 14.6. The normalized spacial score (nSPS) is 15.0. The van der Waals surface area contributed by atoms with Crippen LogP contribution in [0.2, 0.25) is 0 Å². The minimum absolute atomic E-state index is 0.119. The fraction of sp³-hybridized carbons (Fsp3) is 0.345. The number of aliphatic carboxylic acids is 1. The van der Waals surface area contributed by atoms with Gasteiger partial charge in [-0.05, 0) is 37.0 Å². The van der Waals surface area contributed by atoms with Gasteiger partial charge in [0.15, 0.2) is 5.13 Å². The highest BCUT2D eigenvalue weighted by molar-refractivity contribution is 7.14. The van der Waals surface area contributed by atoms with Crippen molar-refractivity contribution in [2.24, 2.45) is 5.92 Å². The van der Waals surface area contributed by atoms with Gasteiger partial charge in [0.05, 0.1) is 26.0 Å². The first-order chi connectivity index (χ1) is 19.3. The predicted molar refractivity (Wildman–Crippen MR) is 147 cm³/mol. The Morgan fingerprint density at radius 1 is 1.12 bits per heavy atom. The van der Waals surface area contributed by atoms with Crippen molar-refractivity contribution in [1.82, 2.24) is 4.98 Å². The number of benzene rings is 2. The molecule has 1 aromatic heterocycles. The predicted octanol–water partition coefficient (Wildman–Crippen LogP) is 6.69. The molecule has 0 saturated heterocycles. The molecule has 1 heterocycles. The summed E-state index contributed by atoms with van der Waals surface area (Å²) >= 11 is 1.15. The fourth-order valence-electron chi connectivity index (χ4n) is 5.04. The monoisotopic (exact) mass is 572 g/mol. The molecule has 1 amide bonds. The van der Waals surface area contributed by atoms with E-state index >= 15 is 0 Å². The lowest BCUT2D eigenvalue weighted by Gasteiger charge is -2.30. The minimum Gasteiger partial charge on any atom is -0.496 e. The molecule has 1 fully saturated rings. The second-order valence-electron chi connectivity index (χ2n) is 9.35. The second-order valence-corrected chi connectivity index (χ2v) is 10.2. The van der Waals surface area contributed by atoms with E-state index in [1.807, 2.05) is 18.2 Å². The van der Waals surface area contributed by atoms with Gasteiger partial charge in [-0.25, -0.2) is 18.6 Å². The molecular formula is C29H30F2N2O6S. The number of hydrogen-bond donors (Lipinski definition) is 2. The lowest BCUT2D eigenvalue weighted by Crippen LogP contribution is -2.18. The zero-order valence-corrected chi connectivity index (χ0v) is 23.1. The third kappa shape index (κ3) is 6.31. The number of thiazole rings is 1. The maximum atomic E-state index is 14.6. The van der Waals surface area contributed by atoms with E-state index in [0.717, 1.165) is 54.5 Å². The molecule has 1 unspecified atom stereocenters. The molecule has 0 radical (unpaired) electrons. The van der Waals surface area contributed by atoms with E-state index in [9.17, 15) is 18.4 Å². The Kier molecular flexibility index (Phi) is 9.49. The summed E-state index contributed by atoms with van der Waals surface area (Å²) in [5.74, 6) is -4.12. The number of ether oxygens (including phenoxy) is 3. The summed E-state index contributed by atoms with van der Waals surface area (Å²) in [6.07, 6.45) is 6.35. The summed E-state index contributed by atoms with van der Waals surface area (Å²) in [7, 11) is 4.37. The summed E-state index contributed by atoms with van der Waals surface area (Å²) in [4.78, 5) is 28.4. The number of amides is 1. The zero-order valence-electron chi connectivity index (χ0n) is 22.3. The Labute approximate surface area is 234 Å². The number of carboxylic acids is 1. The molecule has 0 aliphatic heterocycles. The molecule has 1 atom stereocenters. The SMILES string of the molecule is COC(=Cc1c(F)cc(C(=O)Nc2nc(-c3cccc(C(OC)C4CCCCC4)c3OC)cs2)cc1F)C(=O)O. The number of methoxy groups -OCH3 is 3. The number of aromatic nitrogens is 1. The van der Waals surface area contributed by atoms with E-state index in [1.54, 1.807) is 19.6 Å². The Balaban J connectivity index is 1.57. The standard InChI is InChI=1S/C29H30F2N2O6S/c1-37-24(28(35)36)14-20-21(30)12-17(13-22(20)31)27(34)33-29-32-23(15-40-29)18-10-7-11-19(26(18)39-3)25(38-2)16-8-5-4-6-9-16/h7,10-16,25H,4-6,8-9H2,1-3H3,(H,35,36)(H,32,33,34). The molecule has 0 bridgehead atoms. The van der Waals surface area contributed by atoms with Gasteiger partial charge in [0, 0.05) is 40.8 Å². The van der Waals surface area contributed by atoms with Crippen LogP contribution in [-0.4, -0.2) is 43.3 Å². The molecule has 212 valence electrons. The Hall–Kier alpha value is -3.83. The van der Waals surface area contributed by atoms with Gasteiger partial charge in [0.25, 0.3) is 5.91 Å². The summed E-state index contributed by atoms with van der Waals surface area (Å²) in [6, 6.07) is 7.42. The Morgan fingerprint density at radius 3 is 2.42 bits per heavy atom. The first-order valence-electron chi connectivity index (χ1n) is 12.7. The van der Waals surface area contributed by atoms with Crippen LogP contribution in [0.25, 0.3) is 17.3 Å². The number of anilines is 1. The van der Waals surface area contributed by atoms with Crippen LogP contribution >= 0.6 is 11.3 Å². The van der Waals surface area contributed by atoms with Crippen molar-refractivity contribution < 1.29 is 37.7 Å². The van der Waals surface area contributed by atoms with Crippen LogP contribution in [0.3, 0.4) is 0 Å². The molecular weight excluding hydrogens is 542 g/mol. The third-order valence-corrected chi connectivity index (χ3v) is 7.69. The van der Waals surface area contributed by atoms with Crippen LogP contribution in [0.5, 0.6) is 5.75 Å². The highest BCUT2D eigenvalue weighted by atomic mass is 32.1. The fourth-order valence-corrected chi connectivity index (χ4v) is 5.74. The number of nitrogens with zero attached hydrogens (tertiary/aromatic N) is 1. The summed E-state index contributed by atoms with van der Waals surface area (Å²) < 4.78 is 45.6. The van der Waals surface area contributed by atoms with E-state index in [4.69, 9.17) is 14.6 Å². The molecule has 0 spiro atoms. The number of carboxylic acid groups (broad SMARTS) is 1. The topological polar surface area (TPSA) is 107 Å². The summed E-state index contributed by atoms with van der Waals surface area (Å²) in [5, 5.41) is 13.6. The number of rotatable bonds is 10. The number of para-hydroxylation sites is 1. The second kappa shape index (κ2) is 13.0. The molecule has 8 nitrogen and oxygen atoms in total. The van der Waals surface area contributed by atoms with E-state index in [2.05, 4.69) is 15.0 Å². The first-order valence-corrected chi connectivity index (χ1v) is 13.6. The quantitative estimate of drug-likeness (QED) is 0.206. The van der Waals surface area contributed by atoms with Crippen LogP contribution in [0.4, 0.5) is 13.9 Å². The van der Waals surface area contributed by atoms with Crippen molar-refractivity contribution in [1.29, 1.82) is 0 Å². The number of nitrogens with one attached hydrogen (secondary N) is 1. The van der Waals surface area contributed by atoms with Crippen molar-refractivity contribution in [3.8, 4) is 17.0 Å². The molecule has 11 heteroatoms. The average molecular weight is 573 g/mol. The largest absolute Gasteiger partial charge is 0.496 e. The number of hydrogen-bond acceptors (Lipinski definition) is 7. The highest BCUT2D eigenvalue weighted by Crippen LogP contribution is 2.43. The van der Waals surface area contributed by atoms with Gasteiger partial charge in [0.1, 0.15) is 17.4 Å². The van der Waals surface area contributed by atoms with Gasteiger partial charge in [-0.15, -0.1) is 11.3 Å². The minimum atomic E-state index is -1.49. The van der Waals surface area contributed by atoms with Crippen LogP contribution in [0.15, 0.2) is 41.5 Å². The Bertz CT molecular complexity index is 1390. The van der Waals surface area contributed by atoms with Crippen molar-refractivity contribution >= 4 is 34.4 Å². The van der Waals surface area contributed by atoms with Crippen molar-refractivity contribution in [3.05, 3.63) is 69.8 Å². The molecule has 1 saturated carbocycles. The van der Waals surface area contributed by atoms with Crippen molar-refractivity contribution in [2.45, 2.75) is 38.2 Å². The summed E-state index contributed by atoms with van der Waals surface area (Å²) in [5.41, 5.74) is 1.30. The van der Waals surface area contributed by atoms with Gasteiger partial charge >= 0.3 is 5.97 Å². The molecule has 4 rings (SSSR count). The first kappa shape index (κ1) is 29.2. The van der Waals surface area contributed by atoms with E-state index in [0.29, 0.717) is 23.4 Å². The van der Waals surface area contributed by atoms with Gasteiger partial charge in [0.2, 0.25) is 5.76 Å². The van der Waals surface area contributed by atoms with Gasteiger partial charge < -0.3 is 19.3 Å². The van der Waals surface area contributed by atoms with Crippen LogP contribution in [0, 0.1) is 17.6 Å². The van der Waals surface area contributed by atoms with Gasteiger partial charge in [-0.3, -0.25) is 10.1 Å². The zero-order chi connectivity index (χ0) is 28.8. The molecule has 2 aromatic carbocycles. The number of halogens is 2. The number of carbonyl (C=O) groups is 2. The van der Waals surface area contributed by atoms with E-state index in [1.165, 1.54) is 19.3 Å². The van der Waals surface area contributed by atoms with Crippen LogP contribution < -0.4 is 10.1 Å². The van der Waals surface area contributed by atoms with E-state index < -0.39 is 34.8 Å². The molecule has 2 N–H and O–H groups in total. The maximum Gasteiger partial charge on any atom is 0.371 e. The van der Waals surface area contributed by atoms with Gasteiger partial charge in [-0.2, -0.15) is 0 Å². The smallest absolute Gasteiger partial charge is 0.371 e. The molecule has 40 heavy (non-hydrogen) atoms. The molecule has 1 aliphatic carbocycles. The van der Waals surface area contributed by atoms with E-state index in [-0.39, 0.29) is 16.8 Å². The van der Waals surface area contributed by atoms with Gasteiger partial charge in [-0.1, -0.05) is 31.4 Å². The molecule has 1 aliphatic rings. The lowest BCUT2D eigenvalue weighted by molar-refractivity contribution is -0.135.